The lowest BCUT2D eigenvalue weighted by molar-refractivity contribution is -0.0286. The minimum absolute atomic E-state index is 0.0569. The van der Waals surface area contributed by atoms with Gasteiger partial charge in [-0.15, -0.1) is 0 Å². The number of rotatable bonds is 6. The summed E-state index contributed by atoms with van der Waals surface area (Å²) in [6.45, 7) is 7.21. The maximum atomic E-state index is 12.8. The van der Waals surface area contributed by atoms with E-state index in [9.17, 15) is 4.79 Å². The summed E-state index contributed by atoms with van der Waals surface area (Å²) in [5, 5.41) is 4.24. The molecule has 4 rings (SSSR count). The summed E-state index contributed by atoms with van der Waals surface area (Å²) < 4.78 is 6.90. The van der Waals surface area contributed by atoms with E-state index in [1.54, 1.807) is 29.5 Å². The second-order valence-corrected chi connectivity index (χ2v) is 8.32. The minimum atomic E-state index is -0.698. The van der Waals surface area contributed by atoms with Gasteiger partial charge in [-0.2, -0.15) is 10.1 Å². The van der Waals surface area contributed by atoms with Gasteiger partial charge in [-0.25, -0.2) is 9.97 Å². The number of nitrogens with zero attached hydrogens (tertiary/aromatic N) is 6. The van der Waals surface area contributed by atoms with Crippen LogP contribution in [0.15, 0.2) is 48.1 Å². The Bertz CT molecular complexity index is 1130. The fourth-order valence-corrected chi connectivity index (χ4v) is 3.43. The quantitative estimate of drug-likeness (QED) is 0.442. The van der Waals surface area contributed by atoms with Crippen LogP contribution in [-0.2, 0) is 10.2 Å². The molecular formula is C22H26N8O2. The first-order chi connectivity index (χ1) is 15.3. The highest BCUT2D eigenvalue weighted by atomic mass is 16.5. The van der Waals surface area contributed by atoms with E-state index < -0.39 is 11.3 Å². The predicted molar refractivity (Wildman–Crippen MR) is 120 cm³/mol. The molecule has 166 valence electrons. The highest BCUT2D eigenvalue weighted by molar-refractivity contribution is 6.05. The second kappa shape index (κ2) is 8.46. The van der Waals surface area contributed by atoms with Crippen LogP contribution in [0.5, 0.6) is 0 Å². The third-order valence-corrected chi connectivity index (χ3v) is 6.08. The van der Waals surface area contributed by atoms with Crippen molar-refractivity contribution in [1.82, 2.24) is 24.7 Å². The molecular weight excluding hydrogens is 408 g/mol. The van der Waals surface area contributed by atoms with Crippen LogP contribution in [0.25, 0.3) is 11.3 Å². The minimum Gasteiger partial charge on any atom is -0.386 e. The van der Waals surface area contributed by atoms with Gasteiger partial charge in [0.2, 0.25) is 5.95 Å². The Morgan fingerprint density at radius 3 is 2.47 bits per heavy atom. The van der Waals surface area contributed by atoms with Crippen LogP contribution < -0.4 is 11.5 Å². The molecule has 0 spiro atoms. The first kappa shape index (κ1) is 21.6. The first-order valence-electron chi connectivity index (χ1n) is 10.3. The van der Waals surface area contributed by atoms with E-state index in [4.69, 9.17) is 16.2 Å². The largest absolute Gasteiger partial charge is 0.386 e. The lowest BCUT2D eigenvalue weighted by Gasteiger charge is -2.33. The Morgan fingerprint density at radius 1 is 1.19 bits per heavy atom. The zero-order chi connectivity index (χ0) is 22.9. The molecule has 3 aromatic heterocycles. The Kier molecular flexibility index (Phi) is 5.70. The molecule has 1 aliphatic heterocycles. The zero-order valence-electron chi connectivity index (χ0n) is 18.3. The number of carbonyl (C=O) groups excluding carboxylic acids is 1. The van der Waals surface area contributed by atoms with E-state index in [1.807, 2.05) is 32.9 Å². The fourth-order valence-electron chi connectivity index (χ4n) is 3.43. The molecule has 32 heavy (non-hydrogen) atoms. The number of aliphatic imine (C=N–C) groups is 1. The topological polar surface area (TPSA) is 147 Å². The number of anilines is 1. The van der Waals surface area contributed by atoms with Crippen molar-refractivity contribution in [3.8, 4) is 11.3 Å². The van der Waals surface area contributed by atoms with Gasteiger partial charge in [0.25, 0.3) is 5.91 Å². The van der Waals surface area contributed by atoms with E-state index in [1.165, 1.54) is 6.20 Å². The summed E-state index contributed by atoms with van der Waals surface area (Å²) in [7, 11) is 0. The number of nitrogens with two attached hydrogens (primary N) is 2. The van der Waals surface area contributed by atoms with E-state index in [2.05, 4.69) is 25.0 Å². The van der Waals surface area contributed by atoms with Crippen molar-refractivity contribution in [1.29, 1.82) is 0 Å². The van der Waals surface area contributed by atoms with Gasteiger partial charge < -0.3 is 16.2 Å². The van der Waals surface area contributed by atoms with Crippen molar-refractivity contribution in [3.05, 3.63) is 54.2 Å². The van der Waals surface area contributed by atoms with Crippen LogP contribution in [0.2, 0.25) is 0 Å². The molecule has 1 atom stereocenters. The summed E-state index contributed by atoms with van der Waals surface area (Å²) in [6.07, 6.45) is 8.18. The average molecular weight is 435 g/mol. The lowest BCUT2D eigenvalue weighted by Crippen LogP contribution is -2.43. The van der Waals surface area contributed by atoms with Gasteiger partial charge in [-0.05, 0) is 24.5 Å². The number of nitrogen functional groups attached to an aromatic ring is 1. The standard InChI is InChI=1S/C22H26N8O2/c1-13(2)22(3,16-4-5-18(25-9-16)14-6-26-21(24)27-7-14)20(23)29-19(31)15-8-28-30(10-15)17-11-32-12-17/h4-10,13,17H,11-12H2,1-3H3,(H2,23,29,31)(H2,24,26,27). The number of amidine groups is 1. The van der Waals surface area contributed by atoms with Crippen LogP contribution >= 0.6 is 0 Å². The normalized spacial score (nSPS) is 16.6. The van der Waals surface area contributed by atoms with Crippen LogP contribution in [0, 0.1) is 5.92 Å². The summed E-state index contributed by atoms with van der Waals surface area (Å²) in [5.41, 5.74) is 14.0. The van der Waals surface area contributed by atoms with Crippen molar-refractivity contribution in [2.24, 2.45) is 16.6 Å². The third kappa shape index (κ3) is 3.96. The Labute approximate surface area is 185 Å². The van der Waals surface area contributed by atoms with Gasteiger partial charge in [-0.3, -0.25) is 14.5 Å². The Morgan fingerprint density at radius 2 is 1.91 bits per heavy atom. The summed E-state index contributed by atoms with van der Waals surface area (Å²) in [4.78, 5) is 29.6. The number of ether oxygens (including phenoxy) is 1. The number of carbonyl (C=O) groups is 1. The molecule has 1 aliphatic rings. The van der Waals surface area contributed by atoms with Crippen LogP contribution in [0.3, 0.4) is 0 Å². The molecule has 0 saturated carbocycles. The molecule has 1 unspecified atom stereocenters. The molecule has 10 heteroatoms. The van der Waals surface area contributed by atoms with Gasteiger partial charge in [-0.1, -0.05) is 19.9 Å². The Hall–Kier alpha value is -3.66. The van der Waals surface area contributed by atoms with Crippen molar-refractivity contribution in [2.45, 2.75) is 32.2 Å². The van der Waals surface area contributed by atoms with Crippen molar-refractivity contribution < 1.29 is 9.53 Å². The number of hydrogen-bond acceptors (Lipinski definition) is 7. The van der Waals surface area contributed by atoms with Crippen LogP contribution in [-0.4, -0.2) is 49.7 Å². The summed E-state index contributed by atoms with van der Waals surface area (Å²) in [5.74, 6) is 0.0615. The van der Waals surface area contributed by atoms with Crippen molar-refractivity contribution in [3.63, 3.8) is 0 Å². The molecule has 0 aromatic carbocycles. The average Bonchev–Trinajstić information content (AvgIpc) is 3.22. The number of pyridine rings is 1. The van der Waals surface area contributed by atoms with E-state index in [0.717, 1.165) is 11.1 Å². The van der Waals surface area contributed by atoms with Gasteiger partial charge in [0, 0.05) is 30.4 Å². The SMILES string of the molecule is CC(C)C(C)(C(N)=NC(=O)c1cnn(C2COC2)c1)c1ccc(-c2cnc(N)nc2)nc1. The third-order valence-electron chi connectivity index (χ3n) is 6.08. The first-order valence-corrected chi connectivity index (χ1v) is 10.3. The molecule has 4 heterocycles. The van der Waals surface area contributed by atoms with Gasteiger partial charge in [0.15, 0.2) is 0 Å². The molecule has 1 fully saturated rings. The van der Waals surface area contributed by atoms with Gasteiger partial charge >= 0.3 is 0 Å². The molecule has 1 amide bonds. The molecule has 4 N–H and O–H groups in total. The van der Waals surface area contributed by atoms with Crippen molar-refractivity contribution in [2.75, 3.05) is 18.9 Å². The monoisotopic (exact) mass is 434 g/mol. The smallest absolute Gasteiger partial charge is 0.281 e. The van der Waals surface area contributed by atoms with E-state index in [-0.39, 0.29) is 23.7 Å². The molecule has 10 nitrogen and oxygen atoms in total. The zero-order valence-corrected chi connectivity index (χ0v) is 18.3. The molecule has 1 saturated heterocycles. The number of aromatic nitrogens is 5. The highest BCUT2D eigenvalue weighted by Gasteiger charge is 2.36. The molecule has 0 bridgehead atoms. The van der Waals surface area contributed by atoms with Gasteiger partial charge in [0.05, 0.1) is 42.1 Å². The van der Waals surface area contributed by atoms with Crippen LogP contribution in [0.4, 0.5) is 5.95 Å². The lowest BCUT2D eigenvalue weighted by atomic mass is 9.73. The summed E-state index contributed by atoms with van der Waals surface area (Å²) in [6, 6.07) is 3.96. The van der Waals surface area contributed by atoms with Crippen LogP contribution in [0.1, 0.15) is 42.7 Å². The predicted octanol–water partition coefficient (Wildman–Crippen LogP) is 2.00. The number of hydrogen-bond donors (Lipinski definition) is 2. The maximum absolute atomic E-state index is 12.8. The summed E-state index contributed by atoms with van der Waals surface area (Å²) >= 11 is 0. The highest BCUT2D eigenvalue weighted by Crippen LogP contribution is 2.33. The second-order valence-electron chi connectivity index (χ2n) is 8.32. The maximum Gasteiger partial charge on any atom is 0.281 e. The molecule has 0 aliphatic carbocycles. The van der Waals surface area contributed by atoms with Crippen molar-refractivity contribution >= 4 is 17.7 Å². The number of amides is 1. The van der Waals surface area contributed by atoms with E-state index >= 15 is 0 Å². The molecule has 3 aromatic rings. The molecule has 0 radical (unpaired) electrons. The van der Waals surface area contributed by atoms with E-state index in [0.29, 0.717) is 24.5 Å². The Balaban J connectivity index is 1.59. The van der Waals surface area contributed by atoms with Gasteiger partial charge in [0.1, 0.15) is 5.84 Å². The fraction of sp³-hybridized carbons (Fsp3) is 0.364.